The van der Waals surface area contributed by atoms with Crippen molar-refractivity contribution in [1.82, 2.24) is 5.32 Å². The fraction of sp³-hybridized carbons (Fsp3) is 0.467. The lowest BCUT2D eigenvalue weighted by Gasteiger charge is -2.16. The first-order chi connectivity index (χ1) is 9.67. The Morgan fingerprint density at radius 3 is 2.55 bits per heavy atom. The van der Waals surface area contributed by atoms with E-state index in [9.17, 15) is 9.59 Å². The Labute approximate surface area is 119 Å². The molecular formula is C15H21NO4. The van der Waals surface area contributed by atoms with Gasteiger partial charge in [0.1, 0.15) is 6.04 Å². The molecule has 0 fully saturated rings. The highest BCUT2D eigenvalue weighted by Crippen LogP contribution is 2.05. The summed E-state index contributed by atoms with van der Waals surface area (Å²) in [6.45, 7) is 2.36. The lowest BCUT2D eigenvalue weighted by Crippen LogP contribution is -2.43. The maximum Gasteiger partial charge on any atom is 0.407 e. The van der Waals surface area contributed by atoms with E-state index in [1.165, 1.54) is 7.11 Å². The van der Waals surface area contributed by atoms with Gasteiger partial charge < -0.3 is 14.8 Å². The summed E-state index contributed by atoms with van der Waals surface area (Å²) in [4.78, 5) is 23.3. The van der Waals surface area contributed by atoms with E-state index in [2.05, 4.69) is 5.32 Å². The van der Waals surface area contributed by atoms with Crippen molar-refractivity contribution in [2.45, 2.75) is 32.2 Å². The molecule has 1 aromatic rings. The van der Waals surface area contributed by atoms with Crippen molar-refractivity contribution in [2.24, 2.45) is 0 Å². The van der Waals surface area contributed by atoms with Crippen LogP contribution < -0.4 is 5.32 Å². The van der Waals surface area contributed by atoms with Crippen molar-refractivity contribution in [2.75, 3.05) is 13.7 Å². The number of carbonyl (C=O) groups is 2. The summed E-state index contributed by atoms with van der Waals surface area (Å²) in [5.74, 6) is -0.485. The van der Waals surface area contributed by atoms with Gasteiger partial charge in [-0.05, 0) is 12.0 Å². The third-order valence-corrected chi connectivity index (χ3v) is 2.79. The first-order valence-electron chi connectivity index (χ1n) is 6.72. The Morgan fingerprint density at radius 1 is 1.25 bits per heavy atom. The number of benzene rings is 1. The number of carbonyl (C=O) groups excluding carboxylic acids is 2. The van der Waals surface area contributed by atoms with Gasteiger partial charge in [-0.15, -0.1) is 0 Å². The van der Waals surface area contributed by atoms with Gasteiger partial charge in [-0.2, -0.15) is 0 Å². The average molecular weight is 279 g/mol. The summed E-state index contributed by atoms with van der Waals surface area (Å²) in [6, 6.07) is 8.69. The normalized spacial score (nSPS) is 11.5. The van der Waals surface area contributed by atoms with E-state index in [-0.39, 0.29) is 0 Å². The first-order valence-corrected chi connectivity index (χ1v) is 6.72. The smallest absolute Gasteiger partial charge is 0.407 e. The van der Waals surface area contributed by atoms with Gasteiger partial charge in [-0.1, -0.05) is 43.7 Å². The number of amides is 1. The molecule has 1 atom stereocenters. The summed E-state index contributed by atoms with van der Waals surface area (Å²) in [5.41, 5.74) is 0.941. The number of esters is 1. The van der Waals surface area contributed by atoms with Crippen LogP contribution in [-0.2, 0) is 20.7 Å². The number of alkyl carbamates (subject to hydrolysis) is 1. The topological polar surface area (TPSA) is 64.6 Å². The van der Waals surface area contributed by atoms with Crippen molar-refractivity contribution in [3.8, 4) is 0 Å². The van der Waals surface area contributed by atoms with Crippen LogP contribution in [-0.4, -0.2) is 31.8 Å². The zero-order chi connectivity index (χ0) is 14.8. The molecule has 0 aromatic heterocycles. The van der Waals surface area contributed by atoms with Crippen LogP contribution in [0.4, 0.5) is 4.79 Å². The summed E-state index contributed by atoms with van der Waals surface area (Å²) < 4.78 is 9.69. The number of ether oxygens (including phenoxy) is 2. The molecule has 0 saturated heterocycles. The second-order valence-corrected chi connectivity index (χ2v) is 4.40. The van der Waals surface area contributed by atoms with Crippen LogP contribution in [0.3, 0.4) is 0 Å². The molecule has 1 unspecified atom stereocenters. The third-order valence-electron chi connectivity index (χ3n) is 2.79. The maximum atomic E-state index is 11.7. The van der Waals surface area contributed by atoms with E-state index in [0.717, 1.165) is 18.4 Å². The zero-order valence-electron chi connectivity index (χ0n) is 11.9. The number of hydrogen-bond donors (Lipinski definition) is 1. The minimum Gasteiger partial charge on any atom is -0.467 e. The summed E-state index contributed by atoms with van der Waals surface area (Å²) in [7, 11) is 1.30. The van der Waals surface area contributed by atoms with Gasteiger partial charge in [0.15, 0.2) is 0 Å². The molecule has 1 N–H and O–H groups in total. The van der Waals surface area contributed by atoms with Crippen LogP contribution in [0.2, 0.25) is 0 Å². The van der Waals surface area contributed by atoms with Crippen LogP contribution in [0.1, 0.15) is 25.3 Å². The zero-order valence-corrected chi connectivity index (χ0v) is 11.9. The summed E-state index contributed by atoms with van der Waals surface area (Å²) >= 11 is 0. The van der Waals surface area contributed by atoms with Gasteiger partial charge in [0.25, 0.3) is 0 Å². The molecule has 1 aromatic carbocycles. The Kier molecular flexibility index (Phi) is 7.17. The molecule has 0 saturated carbocycles. The second-order valence-electron chi connectivity index (χ2n) is 4.40. The van der Waals surface area contributed by atoms with Crippen molar-refractivity contribution in [3.05, 3.63) is 35.9 Å². The number of methoxy groups -OCH3 is 1. The van der Waals surface area contributed by atoms with E-state index in [1.807, 2.05) is 37.3 Å². The number of rotatable bonds is 7. The van der Waals surface area contributed by atoms with E-state index in [0.29, 0.717) is 13.0 Å². The molecule has 0 aliphatic carbocycles. The third kappa shape index (κ3) is 5.73. The van der Waals surface area contributed by atoms with Crippen molar-refractivity contribution in [3.63, 3.8) is 0 Å². The van der Waals surface area contributed by atoms with Gasteiger partial charge in [0.05, 0.1) is 13.7 Å². The highest BCUT2D eigenvalue weighted by atomic mass is 16.6. The fourth-order valence-electron chi connectivity index (χ4n) is 1.68. The molecule has 0 bridgehead atoms. The highest BCUT2D eigenvalue weighted by Gasteiger charge is 2.22. The standard InChI is InChI=1S/C15H21NO4/c1-3-4-10-20-15(18)16-13(14(17)19-2)11-12-8-6-5-7-9-12/h5-9,13H,3-4,10-11H2,1-2H3,(H,16,18). The Bertz CT molecular complexity index is 419. The molecule has 0 aliphatic heterocycles. The molecule has 0 heterocycles. The molecule has 0 aliphatic rings. The fourth-order valence-corrected chi connectivity index (χ4v) is 1.68. The largest absolute Gasteiger partial charge is 0.467 e. The van der Waals surface area contributed by atoms with Crippen molar-refractivity contribution < 1.29 is 19.1 Å². The molecule has 0 radical (unpaired) electrons. The van der Waals surface area contributed by atoms with Crippen LogP contribution in [0.5, 0.6) is 0 Å². The molecule has 110 valence electrons. The molecule has 5 heteroatoms. The molecular weight excluding hydrogens is 258 g/mol. The SMILES string of the molecule is CCCCOC(=O)NC(Cc1ccccc1)C(=O)OC. The van der Waals surface area contributed by atoms with Gasteiger partial charge >= 0.3 is 12.1 Å². The number of unbranched alkanes of at least 4 members (excludes halogenated alkanes) is 1. The molecule has 1 rings (SSSR count). The molecule has 20 heavy (non-hydrogen) atoms. The Balaban J connectivity index is 2.56. The lowest BCUT2D eigenvalue weighted by atomic mass is 10.1. The monoisotopic (exact) mass is 279 g/mol. The summed E-state index contributed by atoms with van der Waals surface area (Å²) in [5, 5.41) is 2.54. The molecule has 1 amide bonds. The highest BCUT2D eigenvalue weighted by molar-refractivity contribution is 5.81. The van der Waals surface area contributed by atoms with Gasteiger partial charge in [0.2, 0.25) is 0 Å². The summed E-state index contributed by atoms with van der Waals surface area (Å²) in [6.07, 6.45) is 1.52. The van der Waals surface area contributed by atoms with E-state index >= 15 is 0 Å². The van der Waals surface area contributed by atoms with E-state index in [1.54, 1.807) is 0 Å². The minimum atomic E-state index is -0.739. The van der Waals surface area contributed by atoms with Gasteiger partial charge in [-0.3, -0.25) is 0 Å². The molecule has 5 nitrogen and oxygen atoms in total. The number of hydrogen-bond acceptors (Lipinski definition) is 4. The predicted molar refractivity (Wildman–Crippen MR) is 75.3 cm³/mol. The Morgan fingerprint density at radius 2 is 1.95 bits per heavy atom. The van der Waals surface area contributed by atoms with Gasteiger partial charge in [-0.25, -0.2) is 9.59 Å². The van der Waals surface area contributed by atoms with Crippen molar-refractivity contribution >= 4 is 12.1 Å². The van der Waals surface area contributed by atoms with Crippen molar-refractivity contribution in [1.29, 1.82) is 0 Å². The second kappa shape index (κ2) is 8.96. The van der Waals surface area contributed by atoms with E-state index in [4.69, 9.17) is 9.47 Å². The lowest BCUT2D eigenvalue weighted by molar-refractivity contribution is -0.142. The number of nitrogens with one attached hydrogen (secondary N) is 1. The van der Waals surface area contributed by atoms with Crippen LogP contribution in [0, 0.1) is 0 Å². The Hall–Kier alpha value is -2.04. The van der Waals surface area contributed by atoms with Gasteiger partial charge in [0, 0.05) is 6.42 Å². The first kappa shape index (κ1) is 16.0. The quantitative estimate of drug-likeness (QED) is 0.614. The van der Waals surface area contributed by atoms with Crippen LogP contribution in [0.25, 0.3) is 0 Å². The predicted octanol–water partition coefficient (Wildman–Crippen LogP) is 2.30. The van der Waals surface area contributed by atoms with E-state index < -0.39 is 18.1 Å². The maximum absolute atomic E-state index is 11.7. The van der Waals surface area contributed by atoms with Crippen LogP contribution in [0.15, 0.2) is 30.3 Å². The minimum absolute atomic E-state index is 0.349. The molecule has 0 spiro atoms. The average Bonchev–Trinajstić information content (AvgIpc) is 2.47. The van der Waals surface area contributed by atoms with Crippen LogP contribution >= 0.6 is 0 Å².